The Balaban J connectivity index is 1.78. The first kappa shape index (κ1) is 10.4. The van der Waals surface area contributed by atoms with Gasteiger partial charge < -0.3 is 14.8 Å². The van der Waals surface area contributed by atoms with Crippen LogP contribution in [0.1, 0.15) is 26.7 Å². The van der Waals surface area contributed by atoms with Crippen LogP contribution in [-0.2, 0) is 9.47 Å². The lowest BCUT2D eigenvalue weighted by molar-refractivity contribution is 0.0865. The molecule has 3 nitrogen and oxygen atoms in total. The fraction of sp³-hybridized carbons (Fsp3) is 1.00. The molecule has 0 amide bonds. The van der Waals surface area contributed by atoms with Crippen LogP contribution >= 0.6 is 0 Å². The van der Waals surface area contributed by atoms with Crippen LogP contribution < -0.4 is 5.32 Å². The summed E-state index contributed by atoms with van der Waals surface area (Å²) in [5, 5.41) is 3.64. The molecule has 3 atom stereocenters. The molecule has 2 aliphatic rings. The van der Waals surface area contributed by atoms with Gasteiger partial charge in [-0.2, -0.15) is 0 Å². The van der Waals surface area contributed by atoms with E-state index in [9.17, 15) is 0 Å². The van der Waals surface area contributed by atoms with Gasteiger partial charge in [0.25, 0.3) is 0 Å². The molecule has 0 bridgehead atoms. The monoisotopic (exact) mass is 199 g/mol. The minimum absolute atomic E-state index is 0.183. The van der Waals surface area contributed by atoms with Gasteiger partial charge >= 0.3 is 0 Å². The van der Waals surface area contributed by atoms with E-state index in [2.05, 4.69) is 19.2 Å². The number of nitrogens with one attached hydrogen (secondary N) is 1. The van der Waals surface area contributed by atoms with Crippen molar-refractivity contribution in [3.63, 3.8) is 0 Å². The smallest absolute Gasteiger partial charge is 0.0726 e. The second-order valence-corrected chi connectivity index (χ2v) is 4.79. The predicted octanol–water partition coefficient (Wildman–Crippen LogP) is 1.18. The molecule has 2 fully saturated rings. The van der Waals surface area contributed by atoms with Crippen molar-refractivity contribution in [1.82, 2.24) is 5.32 Å². The van der Waals surface area contributed by atoms with Crippen LogP contribution in [0.3, 0.4) is 0 Å². The lowest BCUT2D eigenvalue weighted by Crippen LogP contribution is -2.49. The standard InChI is InChI=1S/C11H21NO2/c1-9-11(2,4-6-14-9)12-7-10-3-5-13-8-10/h9-10,12H,3-8H2,1-2H3. The normalized spacial score (nSPS) is 43.3. The van der Waals surface area contributed by atoms with Gasteiger partial charge in [0.05, 0.1) is 12.7 Å². The molecular formula is C11H21NO2. The molecule has 2 saturated heterocycles. The Bertz CT molecular complexity index is 192. The number of ether oxygens (including phenoxy) is 2. The van der Waals surface area contributed by atoms with E-state index >= 15 is 0 Å². The van der Waals surface area contributed by atoms with E-state index in [1.807, 2.05) is 0 Å². The fourth-order valence-electron chi connectivity index (χ4n) is 2.19. The largest absolute Gasteiger partial charge is 0.381 e. The number of hydrogen-bond donors (Lipinski definition) is 1. The average Bonchev–Trinajstić information content (AvgIpc) is 2.75. The Morgan fingerprint density at radius 2 is 2.29 bits per heavy atom. The van der Waals surface area contributed by atoms with Gasteiger partial charge in [0, 0.05) is 25.3 Å². The molecule has 1 N–H and O–H groups in total. The van der Waals surface area contributed by atoms with Gasteiger partial charge in [-0.3, -0.25) is 0 Å². The Morgan fingerprint density at radius 3 is 2.86 bits per heavy atom. The van der Waals surface area contributed by atoms with Crippen LogP contribution in [0.25, 0.3) is 0 Å². The van der Waals surface area contributed by atoms with Gasteiger partial charge in [0.2, 0.25) is 0 Å². The maximum absolute atomic E-state index is 5.59. The summed E-state index contributed by atoms with van der Waals surface area (Å²) < 4.78 is 11.0. The van der Waals surface area contributed by atoms with E-state index in [4.69, 9.17) is 9.47 Å². The second-order valence-electron chi connectivity index (χ2n) is 4.79. The third kappa shape index (κ3) is 2.10. The minimum atomic E-state index is 0.183. The van der Waals surface area contributed by atoms with Crippen LogP contribution in [0.5, 0.6) is 0 Å². The van der Waals surface area contributed by atoms with E-state index in [0.29, 0.717) is 12.0 Å². The maximum Gasteiger partial charge on any atom is 0.0726 e. The number of hydrogen-bond acceptors (Lipinski definition) is 3. The summed E-state index contributed by atoms with van der Waals surface area (Å²) in [6.45, 7) is 8.26. The highest BCUT2D eigenvalue weighted by Gasteiger charge is 2.36. The van der Waals surface area contributed by atoms with E-state index in [1.54, 1.807) is 0 Å². The Morgan fingerprint density at radius 1 is 1.43 bits per heavy atom. The van der Waals surface area contributed by atoms with Crippen molar-refractivity contribution in [2.75, 3.05) is 26.4 Å². The van der Waals surface area contributed by atoms with Gasteiger partial charge in [0.1, 0.15) is 0 Å². The van der Waals surface area contributed by atoms with Gasteiger partial charge in [-0.1, -0.05) is 0 Å². The Kier molecular flexibility index (Phi) is 3.10. The lowest BCUT2D eigenvalue weighted by Gasteiger charge is -2.30. The Hall–Kier alpha value is -0.120. The third-order valence-electron chi connectivity index (χ3n) is 3.71. The molecule has 2 aliphatic heterocycles. The zero-order valence-electron chi connectivity index (χ0n) is 9.21. The second kappa shape index (κ2) is 4.17. The molecule has 82 valence electrons. The average molecular weight is 199 g/mol. The molecule has 0 aromatic rings. The van der Waals surface area contributed by atoms with Crippen LogP contribution in [0.2, 0.25) is 0 Å². The summed E-state index contributed by atoms with van der Waals surface area (Å²) >= 11 is 0. The van der Waals surface area contributed by atoms with Crippen LogP contribution in [0, 0.1) is 5.92 Å². The molecule has 3 unspecified atom stereocenters. The molecule has 14 heavy (non-hydrogen) atoms. The molecule has 0 aromatic carbocycles. The molecule has 0 saturated carbocycles. The zero-order valence-corrected chi connectivity index (χ0v) is 9.21. The molecular weight excluding hydrogens is 178 g/mol. The first-order valence-electron chi connectivity index (χ1n) is 5.65. The van der Waals surface area contributed by atoms with Crippen molar-refractivity contribution in [2.45, 2.75) is 38.3 Å². The first-order valence-corrected chi connectivity index (χ1v) is 5.65. The summed E-state index contributed by atoms with van der Waals surface area (Å²) in [6, 6.07) is 0. The Labute approximate surface area is 86.2 Å². The quantitative estimate of drug-likeness (QED) is 0.740. The van der Waals surface area contributed by atoms with E-state index < -0.39 is 0 Å². The molecule has 0 aromatic heterocycles. The summed E-state index contributed by atoms with van der Waals surface area (Å²) in [5.74, 6) is 0.708. The minimum Gasteiger partial charge on any atom is -0.381 e. The van der Waals surface area contributed by atoms with E-state index in [0.717, 1.165) is 32.8 Å². The van der Waals surface area contributed by atoms with Gasteiger partial charge in [0.15, 0.2) is 0 Å². The van der Waals surface area contributed by atoms with Gasteiger partial charge in [-0.05, 0) is 32.6 Å². The van der Waals surface area contributed by atoms with Crippen molar-refractivity contribution in [3.8, 4) is 0 Å². The molecule has 3 heteroatoms. The molecule has 0 spiro atoms. The summed E-state index contributed by atoms with van der Waals surface area (Å²) in [6.07, 6.45) is 2.67. The SMILES string of the molecule is CC1OCCC1(C)NCC1CCOC1. The van der Waals surface area contributed by atoms with Crippen molar-refractivity contribution >= 4 is 0 Å². The zero-order chi connectivity index (χ0) is 10.0. The molecule has 0 aliphatic carbocycles. The highest BCUT2D eigenvalue weighted by Crippen LogP contribution is 2.25. The first-order chi connectivity index (χ1) is 6.71. The molecule has 0 radical (unpaired) electrons. The van der Waals surface area contributed by atoms with Crippen LogP contribution in [0.4, 0.5) is 0 Å². The van der Waals surface area contributed by atoms with E-state index in [-0.39, 0.29) is 5.54 Å². The van der Waals surface area contributed by atoms with Crippen LogP contribution in [0.15, 0.2) is 0 Å². The highest BCUT2D eigenvalue weighted by atomic mass is 16.5. The summed E-state index contributed by atoms with van der Waals surface area (Å²) in [4.78, 5) is 0. The van der Waals surface area contributed by atoms with Crippen molar-refractivity contribution < 1.29 is 9.47 Å². The fourth-order valence-corrected chi connectivity index (χ4v) is 2.19. The van der Waals surface area contributed by atoms with Gasteiger partial charge in [-0.15, -0.1) is 0 Å². The maximum atomic E-state index is 5.59. The van der Waals surface area contributed by atoms with Crippen LogP contribution in [-0.4, -0.2) is 38.0 Å². The predicted molar refractivity (Wildman–Crippen MR) is 55.4 cm³/mol. The van der Waals surface area contributed by atoms with Gasteiger partial charge in [-0.25, -0.2) is 0 Å². The topological polar surface area (TPSA) is 30.5 Å². The summed E-state index contributed by atoms with van der Waals surface area (Å²) in [7, 11) is 0. The van der Waals surface area contributed by atoms with E-state index in [1.165, 1.54) is 6.42 Å². The third-order valence-corrected chi connectivity index (χ3v) is 3.71. The van der Waals surface area contributed by atoms with Crippen molar-refractivity contribution in [2.24, 2.45) is 5.92 Å². The summed E-state index contributed by atoms with van der Waals surface area (Å²) in [5.41, 5.74) is 0.183. The van der Waals surface area contributed by atoms with Crippen molar-refractivity contribution in [3.05, 3.63) is 0 Å². The number of rotatable bonds is 3. The van der Waals surface area contributed by atoms with Crippen molar-refractivity contribution in [1.29, 1.82) is 0 Å². The molecule has 2 heterocycles. The molecule has 2 rings (SSSR count). The highest BCUT2D eigenvalue weighted by molar-refractivity contribution is 4.94. The lowest BCUT2D eigenvalue weighted by atomic mass is 9.93.